The van der Waals surface area contributed by atoms with Crippen molar-refractivity contribution in [2.24, 2.45) is 0 Å². The maximum atomic E-state index is 12.1. The largest absolute Gasteiger partial charge is 0.444 e. The van der Waals surface area contributed by atoms with Crippen LogP contribution >= 0.6 is 15.9 Å². The standard InChI is InChI=1S/C16H24BrN3O2/c1-11(2)13-10-14(17)18-20(13)12-6-8-19(9-7-12)15(21)22-16(3,4)5/h10,12H,1,6-9H2,2-5H3. The minimum absolute atomic E-state index is 0.229. The summed E-state index contributed by atoms with van der Waals surface area (Å²) in [6, 6.07) is 2.28. The molecule has 22 heavy (non-hydrogen) atoms. The molecule has 1 aliphatic rings. The second-order valence-electron chi connectivity index (χ2n) is 6.78. The molecule has 6 heteroatoms. The SMILES string of the molecule is C=C(C)c1cc(Br)nn1C1CCN(C(=O)OC(C)(C)C)CC1. The summed E-state index contributed by atoms with van der Waals surface area (Å²) in [5.74, 6) is 0. The number of rotatable bonds is 2. The number of ether oxygens (including phenoxy) is 1. The van der Waals surface area contributed by atoms with E-state index < -0.39 is 5.60 Å². The molecule has 0 radical (unpaired) electrons. The van der Waals surface area contributed by atoms with Crippen molar-refractivity contribution >= 4 is 27.6 Å². The third-order valence-electron chi connectivity index (χ3n) is 3.61. The molecule has 5 nitrogen and oxygen atoms in total. The van der Waals surface area contributed by atoms with Crippen molar-refractivity contribution in [2.45, 2.75) is 52.2 Å². The van der Waals surface area contributed by atoms with Gasteiger partial charge in [0.1, 0.15) is 10.2 Å². The van der Waals surface area contributed by atoms with Gasteiger partial charge in [-0.15, -0.1) is 0 Å². The first-order chi connectivity index (χ1) is 10.2. The number of piperidine rings is 1. The molecule has 1 aromatic heterocycles. The van der Waals surface area contributed by atoms with Crippen LogP contribution in [-0.4, -0.2) is 39.5 Å². The van der Waals surface area contributed by atoms with Crippen molar-refractivity contribution in [1.82, 2.24) is 14.7 Å². The Morgan fingerprint density at radius 3 is 2.50 bits per heavy atom. The molecular formula is C16H24BrN3O2. The number of carbonyl (C=O) groups is 1. The summed E-state index contributed by atoms with van der Waals surface area (Å²) in [5.41, 5.74) is 1.59. The zero-order valence-corrected chi connectivity index (χ0v) is 15.3. The molecule has 122 valence electrons. The van der Waals surface area contributed by atoms with Crippen LogP contribution in [-0.2, 0) is 4.74 Å². The molecule has 0 aliphatic carbocycles. The summed E-state index contributed by atoms with van der Waals surface area (Å²) < 4.78 is 8.27. The topological polar surface area (TPSA) is 47.4 Å². The number of carbonyl (C=O) groups excluding carboxylic acids is 1. The Hall–Kier alpha value is -1.30. The van der Waals surface area contributed by atoms with E-state index in [4.69, 9.17) is 4.74 Å². The van der Waals surface area contributed by atoms with Crippen molar-refractivity contribution in [3.05, 3.63) is 22.9 Å². The van der Waals surface area contributed by atoms with E-state index in [2.05, 4.69) is 27.6 Å². The highest BCUT2D eigenvalue weighted by Crippen LogP contribution is 2.28. The number of hydrogen-bond donors (Lipinski definition) is 0. The van der Waals surface area contributed by atoms with Crippen LogP contribution in [0.25, 0.3) is 5.57 Å². The Balaban J connectivity index is 2.01. The second kappa shape index (κ2) is 6.44. The van der Waals surface area contributed by atoms with Crippen molar-refractivity contribution < 1.29 is 9.53 Å². The van der Waals surface area contributed by atoms with Gasteiger partial charge in [0.2, 0.25) is 0 Å². The maximum Gasteiger partial charge on any atom is 0.410 e. The Morgan fingerprint density at radius 1 is 1.41 bits per heavy atom. The lowest BCUT2D eigenvalue weighted by Crippen LogP contribution is -2.42. The van der Waals surface area contributed by atoms with Gasteiger partial charge in [0.15, 0.2) is 0 Å². The number of likely N-dealkylation sites (tertiary alicyclic amines) is 1. The van der Waals surface area contributed by atoms with E-state index in [1.54, 1.807) is 4.90 Å². The summed E-state index contributed by atoms with van der Waals surface area (Å²) in [6.07, 6.45) is 1.51. The molecule has 1 amide bonds. The summed E-state index contributed by atoms with van der Waals surface area (Å²) >= 11 is 3.43. The average Bonchev–Trinajstić information content (AvgIpc) is 2.79. The van der Waals surface area contributed by atoms with Gasteiger partial charge in [-0.2, -0.15) is 5.10 Å². The number of halogens is 1. The van der Waals surface area contributed by atoms with Gasteiger partial charge in [0.25, 0.3) is 0 Å². The fraction of sp³-hybridized carbons (Fsp3) is 0.625. The first-order valence-electron chi connectivity index (χ1n) is 7.56. The number of amides is 1. The van der Waals surface area contributed by atoms with Gasteiger partial charge in [-0.3, -0.25) is 4.68 Å². The van der Waals surface area contributed by atoms with Gasteiger partial charge >= 0.3 is 6.09 Å². The van der Waals surface area contributed by atoms with Crippen molar-refractivity contribution in [2.75, 3.05) is 13.1 Å². The Labute approximate surface area is 140 Å². The smallest absolute Gasteiger partial charge is 0.410 e. The average molecular weight is 370 g/mol. The minimum atomic E-state index is -0.450. The number of allylic oxidation sites excluding steroid dienone is 1. The number of nitrogens with zero attached hydrogens (tertiary/aromatic N) is 3. The second-order valence-corrected chi connectivity index (χ2v) is 7.59. The van der Waals surface area contributed by atoms with Crippen LogP contribution in [0.2, 0.25) is 0 Å². The minimum Gasteiger partial charge on any atom is -0.444 e. The van der Waals surface area contributed by atoms with E-state index in [9.17, 15) is 4.79 Å². The van der Waals surface area contributed by atoms with Crippen molar-refractivity contribution in [3.63, 3.8) is 0 Å². The zero-order valence-electron chi connectivity index (χ0n) is 13.7. The van der Waals surface area contributed by atoms with Gasteiger partial charge in [0, 0.05) is 13.1 Å². The first-order valence-corrected chi connectivity index (χ1v) is 8.35. The molecule has 2 rings (SSSR count). The van der Waals surface area contributed by atoms with E-state index in [0.717, 1.165) is 28.7 Å². The van der Waals surface area contributed by atoms with Crippen molar-refractivity contribution in [3.8, 4) is 0 Å². The molecule has 0 atom stereocenters. The summed E-state index contributed by atoms with van der Waals surface area (Å²) in [6.45, 7) is 13.0. The predicted octanol–water partition coefficient (Wildman–Crippen LogP) is 4.25. The van der Waals surface area contributed by atoms with Gasteiger partial charge < -0.3 is 9.64 Å². The molecule has 2 heterocycles. The highest BCUT2D eigenvalue weighted by atomic mass is 79.9. The van der Waals surface area contributed by atoms with Gasteiger partial charge in [-0.05, 0) is 68.1 Å². The summed E-state index contributed by atoms with van der Waals surface area (Å²) in [4.78, 5) is 13.9. The lowest BCUT2D eigenvalue weighted by molar-refractivity contribution is 0.0184. The highest BCUT2D eigenvalue weighted by molar-refractivity contribution is 9.10. The third-order valence-corrected chi connectivity index (χ3v) is 3.99. The van der Waals surface area contributed by atoms with Crippen LogP contribution in [0.1, 0.15) is 52.3 Å². The molecule has 1 aromatic rings. The molecule has 1 saturated heterocycles. The molecule has 1 fully saturated rings. The van der Waals surface area contributed by atoms with Crippen LogP contribution in [0.5, 0.6) is 0 Å². The lowest BCUT2D eigenvalue weighted by atomic mass is 10.0. The fourth-order valence-electron chi connectivity index (χ4n) is 2.58. The Kier molecular flexibility index (Phi) is 5.00. The molecule has 0 N–H and O–H groups in total. The molecular weight excluding hydrogens is 346 g/mol. The third kappa shape index (κ3) is 4.12. The molecule has 0 spiro atoms. The van der Waals surface area contributed by atoms with Crippen LogP contribution in [0.4, 0.5) is 4.79 Å². The number of hydrogen-bond acceptors (Lipinski definition) is 3. The van der Waals surface area contributed by atoms with Crippen LogP contribution in [0, 0.1) is 0 Å². The van der Waals surface area contributed by atoms with Gasteiger partial charge in [-0.25, -0.2) is 4.79 Å². The molecule has 0 saturated carbocycles. The van der Waals surface area contributed by atoms with Crippen LogP contribution in [0.3, 0.4) is 0 Å². The van der Waals surface area contributed by atoms with Gasteiger partial charge in [0.05, 0.1) is 11.7 Å². The lowest BCUT2D eigenvalue weighted by Gasteiger charge is -2.34. The van der Waals surface area contributed by atoms with Gasteiger partial charge in [-0.1, -0.05) is 6.58 Å². The Morgan fingerprint density at radius 2 is 2.00 bits per heavy atom. The quantitative estimate of drug-likeness (QED) is 0.782. The predicted molar refractivity (Wildman–Crippen MR) is 90.7 cm³/mol. The first kappa shape index (κ1) is 17.1. The zero-order chi connectivity index (χ0) is 16.5. The van der Waals surface area contributed by atoms with E-state index in [1.807, 2.05) is 38.4 Å². The van der Waals surface area contributed by atoms with E-state index in [1.165, 1.54) is 0 Å². The highest BCUT2D eigenvalue weighted by Gasteiger charge is 2.28. The summed E-state index contributed by atoms with van der Waals surface area (Å²) in [7, 11) is 0. The van der Waals surface area contributed by atoms with E-state index >= 15 is 0 Å². The fourth-order valence-corrected chi connectivity index (χ4v) is 2.97. The number of aromatic nitrogens is 2. The van der Waals surface area contributed by atoms with Crippen LogP contribution in [0.15, 0.2) is 17.2 Å². The monoisotopic (exact) mass is 369 g/mol. The van der Waals surface area contributed by atoms with Crippen LogP contribution < -0.4 is 0 Å². The Bertz CT molecular complexity index is 566. The summed E-state index contributed by atoms with van der Waals surface area (Å²) in [5, 5.41) is 4.52. The van der Waals surface area contributed by atoms with Crippen molar-refractivity contribution in [1.29, 1.82) is 0 Å². The molecule has 0 aromatic carbocycles. The van der Waals surface area contributed by atoms with E-state index in [0.29, 0.717) is 13.1 Å². The van der Waals surface area contributed by atoms with E-state index in [-0.39, 0.29) is 12.1 Å². The molecule has 1 aliphatic heterocycles. The maximum absolute atomic E-state index is 12.1. The normalized spacial score (nSPS) is 16.7. The molecule has 0 unspecified atom stereocenters. The molecule has 0 bridgehead atoms.